The van der Waals surface area contributed by atoms with E-state index in [9.17, 15) is 10.1 Å². The summed E-state index contributed by atoms with van der Waals surface area (Å²) in [6, 6.07) is 22.2. The average Bonchev–Trinajstić information content (AvgIpc) is 2.61. The summed E-state index contributed by atoms with van der Waals surface area (Å²) in [5.41, 5.74) is 2.63. The molecule has 0 aromatic heterocycles. The molecule has 3 aromatic rings. The molecule has 3 rings (SSSR count). The third-order valence-corrected chi connectivity index (χ3v) is 4.31. The van der Waals surface area contributed by atoms with E-state index in [0.29, 0.717) is 5.56 Å². The number of hydrogen-bond acceptors (Lipinski definition) is 4. The second-order valence-corrected chi connectivity index (χ2v) is 6.01. The summed E-state index contributed by atoms with van der Waals surface area (Å²) in [6.07, 6.45) is 0. The largest absolute Gasteiger partial charge is 0.413 e. The number of nitrogens with zero attached hydrogens (tertiary/aromatic N) is 1. The van der Waals surface area contributed by atoms with Crippen molar-refractivity contribution in [2.24, 2.45) is 0 Å². The monoisotopic (exact) mass is 337 g/mol. The van der Waals surface area contributed by atoms with Crippen molar-refractivity contribution >= 4 is 17.7 Å². The zero-order valence-electron chi connectivity index (χ0n) is 13.0. The van der Waals surface area contributed by atoms with Gasteiger partial charge in [0.25, 0.3) is 0 Å². The number of nitro benzene ring substituents is 1. The Morgan fingerprint density at radius 2 is 1.54 bits per heavy atom. The predicted octanol–water partition coefficient (Wildman–Crippen LogP) is 5.66. The molecule has 0 saturated heterocycles. The van der Waals surface area contributed by atoms with E-state index in [1.54, 1.807) is 6.07 Å². The minimum Gasteiger partial charge on any atom is -0.413 e. The van der Waals surface area contributed by atoms with Gasteiger partial charge < -0.3 is 4.18 Å². The molecule has 0 radical (unpaired) electrons. The summed E-state index contributed by atoms with van der Waals surface area (Å²) >= 11 is 1.12. The smallest absolute Gasteiger partial charge is 0.313 e. The van der Waals surface area contributed by atoms with E-state index in [1.807, 2.05) is 67.6 Å². The Labute approximate surface area is 144 Å². The van der Waals surface area contributed by atoms with Crippen LogP contribution in [0.25, 0.3) is 11.1 Å². The van der Waals surface area contributed by atoms with E-state index in [2.05, 4.69) is 0 Å². The maximum atomic E-state index is 11.4. The minimum atomic E-state index is -0.414. The molecule has 3 aromatic carbocycles. The zero-order valence-corrected chi connectivity index (χ0v) is 13.8. The number of para-hydroxylation sites is 1. The van der Waals surface area contributed by atoms with Crippen LogP contribution in [0, 0.1) is 17.0 Å². The summed E-state index contributed by atoms with van der Waals surface area (Å²) in [5.74, 6) is 0.269. The van der Waals surface area contributed by atoms with Crippen LogP contribution in [0.5, 0.6) is 5.75 Å². The van der Waals surface area contributed by atoms with Crippen LogP contribution >= 0.6 is 12.0 Å². The molecule has 0 aliphatic heterocycles. The van der Waals surface area contributed by atoms with Crippen molar-refractivity contribution in [1.29, 1.82) is 0 Å². The second kappa shape index (κ2) is 7.19. The molecule has 0 N–H and O–H groups in total. The van der Waals surface area contributed by atoms with Gasteiger partial charge in [0.05, 0.1) is 17.0 Å². The molecular weight excluding hydrogens is 322 g/mol. The van der Waals surface area contributed by atoms with Gasteiger partial charge in [-0.2, -0.15) is 0 Å². The fourth-order valence-corrected chi connectivity index (χ4v) is 3.03. The maximum Gasteiger partial charge on any atom is 0.313 e. The Morgan fingerprint density at radius 1 is 0.875 bits per heavy atom. The summed E-state index contributed by atoms with van der Waals surface area (Å²) < 4.78 is 5.80. The topological polar surface area (TPSA) is 52.4 Å². The molecule has 0 atom stereocenters. The first-order valence-electron chi connectivity index (χ1n) is 7.40. The Bertz CT molecular complexity index is 865. The summed E-state index contributed by atoms with van der Waals surface area (Å²) in [5, 5.41) is 11.4. The number of benzene rings is 3. The predicted molar refractivity (Wildman–Crippen MR) is 96.2 cm³/mol. The first-order valence-corrected chi connectivity index (χ1v) is 8.14. The van der Waals surface area contributed by atoms with E-state index < -0.39 is 4.92 Å². The molecule has 4 nitrogen and oxygen atoms in total. The SMILES string of the molecule is Cc1ccccc1-c1cccc([N+](=O)[O-])c1OSc1ccccc1. The number of hydrogen-bond donors (Lipinski definition) is 0. The van der Waals surface area contributed by atoms with Gasteiger partial charge in [0.15, 0.2) is 0 Å². The van der Waals surface area contributed by atoms with Gasteiger partial charge in [-0.3, -0.25) is 10.1 Å². The van der Waals surface area contributed by atoms with Crippen molar-refractivity contribution in [3.8, 4) is 16.9 Å². The average molecular weight is 337 g/mol. The van der Waals surface area contributed by atoms with Crippen LogP contribution in [-0.4, -0.2) is 4.92 Å². The molecule has 0 fully saturated rings. The highest BCUT2D eigenvalue weighted by molar-refractivity contribution is 7.95. The van der Waals surface area contributed by atoms with Crippen molar-refractivity contribution < 1.29 is 9.11 Å². The van der Waals surface area contributed by atoms with Crippen molar-refractivity contribution in [3.63, 3.8) is 0 Å². The molecule has 0 heterocycles. The standard InChI is InChI=1S/C19H15NO3S/c1-14-8-5-6-11-16(14)17-12-7-13-18(20(21)22)19(17)23-24-15-9-3-2-4-10-15/h2-13H,1H3. The Balaban J connectivity index is 2.04. The molecule has 0 unspecified atom stereocenters. The summed E-state index contributed by atoms with van der Waals surface area (Å²) in [4.78, 5) is 11.9. The Kier molecular flexibility index (Phi) is 4.82. The maximum absolute atomic E-state index is 11.4. The van der Waals surface area contributed by atoms with E-state index in [0.717, 1.165) is 28.1 Å². The second-order valence-electron chi connectivity index (χ2n) is 5.21. The minimum absolute atomic E-state index is 0.0424. The molecule has 0 aliphatic rings. The van der Waals surface area contributed by atoms with Crippen LogP contribution in [0.15, 0.2) is 77.7 Å². The van der Waals surface area contributed by atoms with Gasteiger partial charge in [0, 0.05) is 16.5 Å². The van der Waals surface area contributed by atoms with Gasteiger partial charge in [-0.05, 0) is 30.2 Å². The van der Waals surface area contributed by atoms with E-state index >= 15 is 0 Å². The number of aryl methyl sites for hydroxylation is 1. The van der Waals surface area contributed by atoms with E-state index in [1.165, 1.54) is 6.07 Å². The number of rotatable bonds is 5. The van der Waals surface area contributed by atoms with Crippen LogP contribution in [0.1, 0.15) is 5.56 Å². The quantitative estimate of drug-likeness (QED) is 0.342. The molecule has 24 heavy (non-hydrogen) atoms. The summed E-state index contributed by atoms with van der Waals surface area (Å²) in [6.45, 7) is 1.97. The lowest BCUT2D eigenvalue weighted by Crippen LogP contribution is -1.96. The first kappa shape index (κ1) is 16.1. The first-order chi connectivity index (χ1) is 11.7. The lowest BCUT2D eigenvalue weighted by molar-refractivity contribution is -0.385. The molecule has 120 valence electrons. The third-order valence-electron chi connectivity index (χ3n) is 3.59. The van der Waals surface area contributed by atoms with Gasteiger partial charge in [0.1, 0.15) is 0 Å². The van der Waals surface area contributed by atoms with Gasteiger partial charge in [-0.25, -0.2) is 0 Å². The fraction of sp³-hybridized carbons (Fsp3) is 0.0526. The normalized spacial score (nSPS) is 10.4. The lowest BCUT2D eigenvalue weighted by Gasteiger charge is -2.12. The highest BCUT2D eigenvalue weighted by Crippen LogP contribution is 2.41. The number of nitro groups is 1. The van der Waals surface area contributed by atoms with Crippen LogP contribution in [0.2, 0.25) is 0 Å². The molecular formula is C19H15NO3S. The molecule has 0 aliphatic carbocycles. The third kappa shape index (κ3) is 3.41. The van der Waals surface area contributed by atoms with Crippen LogP contribution < -0.4 is 4.18 Å². The van der Waals surface area contributed by atoms with Gasteiger partial charge in [-0.1, -0.05) is 54.6 Å². The van der Waals surface area contributed by atoms with Crippen LogP contribution in [0.3, 0.4) is 0 Å². The molecule has 0 spiro atoms. The zero-order chi connectivity index (χ0) is 16.9. The van der Waals surface area contributed by atoms with Crippen LogP contribution in [-0.2, 0) is 0 Å². The Hall–Kier alpha value is -2.79. The van der Waals surface area contributed by atoms with Gasteiger partial charge >= 0.3 is 5.69 Å². The molecule has 0 amide bonds. The van der Waals surface area contributed by atoms with Gasteiger partial charge in [-0.15, -0.1) is 0 Å². The molecule has 0 bridgehead atoms. The highest BCUT2D eigenvalue weighted by atomic mass is 32.2. The van der Waals surface area contributed by atoms with Gasteiger partial charge in [0.2, 0.25) is 5.75 Å². The van der Waals surface area contributed by atoms with E-state index in [4.69, 9.17) is 4.18 Å². The Morgan fingerprint density at radius 3 is 2.25 bits per heavy atom. The lowest BCUT2D eigenvalue weighted by atomic mass is 9.99. The summed E-state index contributed by atoms with van der Waals surface area (Å²) in [7, 11) is 0. The molecule has 0 saturated carbocycles. The van der Waals surface area contributed by atoms with Crippen molar-refractivity contribution in [1.82, 2.24) is 0 Å². The van der Waals surface area contributed by atoms with Crippen LogP contribution in [0.4, 0.5) is 5.69 Å². The fourth-order valence-electron chi connectivity index (χ4n) is 2.41. The molecule has 5 heteroatoms. The van der Waals surface area contributed by atoms with Crippen molar-refractivity contribution in [2.75, 3.05) is 0 Å². The van der Waals surface area contributed by atoms with Crippen molar-refractivity contribution in [2.45, 2.75) is 11.8 Å². The van der Waals surface area contributed by atoms with E-state index in [-0.39, 0.29) is 11.4 Å². The highest BCUT2D eigenvalue weighted by Gasteiger charge is 2.21. The van der Waals surface area contributed by atoms with Crippen molar-refractivity contribution in [3.05, 3.63) is 88.5 Å².